The summed E-state index contributed by atoms with van der Waals surface area (Å²) >= 11 is 0. The molecule has 0 radical (unpaired) electrons. The van der Waals surface area contributed by atoms with Crippen LogP contribution in [0.2, 0.25) is 0 Å². The monoisotopic (exact) mass is 368 g/mol. The lowest BCUT2D eigenvalue weighted by Gasteiger charge is -2.29. The minimum Gasteiger partial charge on any atom is -0.419 e. The third-order valence-electron chi connectivity index (χ3n) is 4.66. The van der Waals surface area contributed by atoms with Crippen LogP contribution in [0.25, 0.3) is 11.5 Å². The van der Waals surface area contributed by atoms with Gasteiger partial charge in [0, 0.05) is 25.4 Å². The van der Waals surface area contributed by atoms with Crippen molar-refractivity contribution in [3.63, 3.8) is 0 Å². The van der Waals surface area contributed by atoms with E-state index in [0.29, 0.717) is 24.2 Å². The summed E-state index contributed by atoms with van der Waals surface area (Å²) in [6.07, 6.45) is 6.43. The van der Waals surface area contributed by atoms with Crippen LogP contribution < -0.4 is 0 Å². The Morgan fingerprint density at radius 1 is 1.30 bits per heavy atom. The number of hydrogen-bond acceptors (Lipinski definition) is 8. The number of piperidine rings is 1. The third-order valence-corrected chi connectivity index (χ3v) is 4.66. The van der Waals surface area contributed by atoms with Crippen LogP contribution in [0, 0.1) is 5.92 Å². The SMILES string of the molecule is CC(C)Cc1noc([C@H]2CCCN(Cc3nnc(-c4cccnc4)o3)C2)n1. The van der Waals surface area contributed by atoms with Gasteiger partial charge in [0.05, 0.1) is 18.0 Å². The fourth-order valence-corrected chi connectivity index (χ4v) is 3.40. The van der Waals surface area contributed by atoms with Crippen LogP contribution in [0.4, 0.5) is 0 Å². The van der Waals surface area contributed by atoms with E-state index in [1.165, 1.54) is 0 Å². The highest BCUT2D eigenvalue weighted by molar-refractivity contribution is 5.49. The van der Waals surface area contributed by atoms with Crippen molar-refractivity contribution in [3.8, 4) is 11.5 Å². The molecule has 4 rings (SSSR count). The molecular formula is C19H24N6O2. The zero-order valence-corrected chi connectivity index (χ0v) is 15.7. The maximum absolute atomic E-state index is 5.81. The Labute approximate surface area is 158 Å². The minimum atomic E-state index is 0.257. The molecule has 1 fully saturated rings. The second kappa shape index (κ2) is 7.96. The van der Waals surface area contributed by atoms with Gasteiger partial charge >= 0.3 is 0 Å². The molecule has 0 aromatic carbocycles. The predicted octanol–water partition coefficient (Wildman–Crippen LogP) is 3.09. The molecule has 0 saturated carbocycles. The van der Waals surface area contributed by atoms with Gasteiger partial charge in [-0.05, 0) is 37.4 Å². The molecule has 142 valence electrons. The van der Waals surface area contributed by atoms with Gasteiger partial charge in [-0.2, -0.15) is 4.98 Å². The van der Waals surface area contributed by atoms with Crippen LogP contribution >= 0.6 is 0 Å². The summed E-state index contributed by atoms with van der Waals surface area (Å²) in [5.41, 5.74) is 0.830. The van der Waals surface area contributed by atoms with Gasteiger partial charge in [-0.3, -0.25) is 9.88 Å². The molecule has 27 heavy (non-hydrogen) atoms. The van der Waals surface area contributed by atoms with Crippen LogP contribution in [0.1, 0.15) is 50.2 Å². The summed E-state index contributed by atoms with van der Waals surface area (Å²) in [4.78, 5) is 11.0. The quantitative estimate of drug-likeness (QED) is 0.655. The highest BCUT2D eigenvalue weighted by Gasteiger charge is 2.27. The van der Waals surface area contributed by atoms with E-state index in [9.17, 15) is 0 Å². The smallest absolute Gasteiger partial charge is 0.249 e. The largest absolute Gasteiger partial charge is 0.419 e. The van der Waals surface area contributed by atoms with Crippen LogP contribution in [0.3, 0.4) is 0 Å². The van der Waals surface area contributed by atoms with Crippen LogP contribution in [0.5, 0.6) is 0 Å². The minimum absolute atomic E-state index is 0.257. The molecule has 0 spiro atoms. The standard InChI is InChI=1S/C19H24N6O2/c1-13(2)9-16-21-18(27-24-16)15-6-4-8-25(11-15)12-17-22-23-19(26-17)14-5-3-7-20-10-14/h3,5,7,10,13,15H,4,6,8-9,11-12H2,1-2H3/t15-/m0/s1. The molecule has 0 amide bonds. The van der Waals surface area contributed by atoms with Crippen molar-refractivity contribution >= 4 is 0 Å². The Hall–Kier alpha value is -2.61. The molecule has 3 aromatic heterocycles. The van der Waals surface area contributed by atoms with Crippen molar-refractivity contribution in [2.24, 2.45) is 5.92 Å². The first-order chi connectivity index (χ1) is 13.2. The summed E-state index contributed by atoms with van der Waals surface area (Å²) < 4.78 is 11.3. The number of rotatable bonds is 6. The highest BCUT2D eigenvalue weighted by atomic mass is 16.5. The van der Waals surface area contributed by atoms with E-state index in [0.717, 1.165) is 49.6 Å². The second-order valence-electron chi connectivity index (χ2n) is 7.46. The summed E-state index contributed by atoms with van der Waals surface area (Å²) in [5, 5.41) is 12.4. The lowest BCUT2D eigenvalue weighted by Crippen LogP contribution is -2.34. The van der Waals surface area contributed by atoms with Gasteiger partial charge in [0.15, 0.2) is 5.82 Å². The van der Waals surface area contributed by atoms with Gasteiger partial charge in [0.1, 0.15) is 0 Å². The Kier molecular flexibility index (Phi) is 5.24. The number of pyridine rings is 1. The zero-order chi connectivity index (χ0) is 18.6. The second-order valence-corrected chi connectivity index (χ2v) is 7.46. The first kappa shape index (κ1) is 17.8. The number of nitrogens with zero attached hydrogens (tertiary/aromatic N) is 6. The molecule has 0 unspecified atom stereocenters. The van der Waals surface area contributed by atoms with Crippen LogP contribution in [-0.2, 0) is 13.0 Å². The van der Waals surface area contributed by atoms with Gasteiger partial charge in [0.2, 0.25) is 17.7 Å². The van der Waals surface area contributed by atoms with Crippen molar-refractivity contribution < 1.29 is 8.94 Å². The number of hydrogen-bond donors (Lipinski definition) is 0. The van der Waals surface area contributed by atoms with E-state index in [4.69, 9.17) is 8.94 Å². The van der Waals surface area contributed by atoms with E-state index in [-0.39, 0.29) is 5.92 Å². The molecule has 1 atom stereocenters. The molecule has 8 nitrogen and oxygen atoms in total. The first-order valence-corrected chi connectivity index (χ1v) is 9.45. The molecule has 0 aliphatic carbocycles. The molecule has 0 bridgehead atoms. The van der Waals surface area contributed by atoms with Crippen molar-refractivity contribution in [1.29, 1.82) is 0 Å². The Bertz CT molecular complexity index is 860. The van der Waals surface area contributed by atoms with Gasteiger partial charge in [-0.25, -0.2) is 0 Å². The van der Waals surface area contributed by atoms with E-state index < -0.39 is 0 Å². The Morgan fingerprint density at radius 2 is 2.22 bits per heavy atom. The Balaban J connectivity index is 1.39. The molecule has 0 N–H and O–H groups in total. The van der Waals surface area contributed by atoms with Crippen molar-refractivity contribution in [1.82, 2.24) is 30.2 Å². The maximum Gasteiger partial charge on any atom is 0.249 e. The first-order valence-electron chi connectivity index (χ1n) is 9.45. The molecule has 1 aliphatic heterocycles. The van der Waals surface area contributed by atoms with Gasteiger partial charge in [-0.1, -0.05) is 19.0 Å². The van der Waals surface area contributed by atoms with Crippen molar-refractivity contribution in [3.05, 3.63) is 42.1 Å². The highest BCUT2D eigenvalue weighted by Crippen LogP contribution is 2.27. The lowest BCUT2D eigenvalue weighted by molar-refractivity contribution is 0.167. The predicted molar refractivity (Wildman–Crippen MR) is 97.6 cm³/mol. The van der Waals surface area contributed by atoms with Gasteiger partial charge in [-0.15, -0.1) is 10.2 Å². The Morgan fingerprint density at radius 3 is 3.04 bits per heavy atom. The lowest BCUT2D eigenvalue weighted by atomic mass is 9.98. The maximum atomic E-state index is 5.81. The van der Waals surface area contributed by atoms with E-state index >= 15 is 0 Å². The summed E-state index contributed by atoms with van der Waals surface area (Å²) in [6, 6.07) is 3.76. The van der Waals surface area contributed by atoms with Crippen LogP contribution in [0.15, 0.2) is 33.5 Å². The fraction of sp³-hybridized carbons (Fsp3) is 0.526. The molecule has 8 heteroatoms. The van der Waals surface area contributed by atoms with E-state index in [1.54, 1.807) is 12.4 Å². The molecule has 1 saturated heterocycles. The van der Waals surface area contributed by atoms with Gasteiger partial charge < -0.3 is 8.94 Å². The van der Waals surface area contributed by atoms with Crippen molar-refractivity contribution in [2.75, 3.05) is 13.1 Å². The average molecular weight is 368 g/mol. The summed E-state index contributed by atoms with van der Waals surface area (Å²) in [5.74, 6) is 3.44. The summed E-state index contributed by atoms with van der Waals surface area (Å²) in [7, 11) is 0. The molecule has 4 heterocycles. The molecule has 1 aliphatic rings. The number of aromatic nitrogens is 5. The van der Waals surface area contributed by atoms with E-state index in [2.05, 4.69) is 44.1 Å². The number of likely N-dealkylation sites (tertiary alicyclic amines) is 1. The normalized spacial score (nSPS) is 18.3. The fourth-order valence-electron chi connectivity index (χ4n) is 3.40. The third kappa shape index (κ3) is 4.39. The topological polar surface area (TPSA) is 94.0 Å². The van der Waals surface area contributed by atoms with E-state index in [1.807, 2.05) is 12.1 Å². The molecule has 3 aromatic rings. The summed E-state index contributed by atoms with van der Waals surface area (Å²) in [6.45, 7) is 6.78. The van der Waals surface area contributed by atoms with Crippen LogP contribution in [-0.4, -0.2) is 43.3 Å². The van der Waals surface area contributed by atoms with Gasteiger partial charge in [0.25, 0.3) is 0 Å². The average Bonchev–Trinajstić information content (AvgIpc) is 3.32. The molecular weight excluding hydrogens is 344 g/mol. The van der Waals surface area contributed by atoms with Crippen molar-refractivity contribution in [2.45, 2.75) is 45.6 Å². The zero-order valence-electron chi connectivity index (χ0n) is 15.7.